The van der Waals surface area contributed by atoms with Gasteiger partial charge in [-0.25, -0.2) is 4.79 Å². The van der Waals surface area contributed by atoms with Crippen LogP contribution in [0, 0.1) is 17.8 Å². The molecule has 5 atom stereocenters. The summed E-state index contributed by atoms with van der Waals surface area (Å²) in [4.78, 5) is 52.7. The Balaban J connectivity index is 1.89. The first kappa shape index (κ1) is 35.4. The van der Waals surface area contributed by atoms with Gasteiger partial charge in [0.2, 0.25) is 11.8 Å². The number of rotatable bonds is 8. The van der Waals surface area contributed by atoms with Crippen molar-refractivity contribution in [1.29, 1.82) is 0 Å². The minimum Gasteiger partial charge on any atom is -0.495 e. The summed E-state index contributed by atoms with van der Waals surface area (Å²) >= 11 is 6.29. The maximum atomic E-state index is 13.4. The highest BCUT2D eigenvalue weighted by atomic mass is 35.5. The smallest absolute Gasteiger partial charge is 0.347 e. The molecular weight excluding hydrogens is 596 g/mol. The standard InChI is InChI=1S/C35H43ClN2O7/c1-22(2)18-31-35(42)44-29(23(3)14-15-25-10-7-6-8-11-25)12-9-13-32(39)38-28(33(40)37-21-24(4)34(41)45-31)20-26-16-17-30(43-5)27(36)19-26/h6-11,13-17,19,22-24,28-29,31H,12,18,20-21H2,1-5H3,(H,37,40)(H,38,39)/b13-9+,15-14+/t23-,24-,28-,29+,31+/m1/s1. The van der Waals surface area contributed by atoms with Crippen LogP contribution in [0.3, 0.4) is 0 Å². The van der Waals surface area contributed by atoms with Crippen LogP contribution in [-0.2, 0) is 35.1 Å². The molecule has 0 aliphatic carbocycles. The summed E-state index contributed by atoms with van der Waals surface area (Å²) < 4.78 is 16.8. The topological polar surface area (TPSA) is 120 Å². The molecule has 2 N–H and O–H groups in total. The van der Waals surface area contributed by atoms with E-state index >= 15 is 0 Å². The molecule has 0 spiro atoms. The largest absolute Gasteiger partial charge is 0.495 e. The van der Waals surface area contributed by atoms with Crippen LogP contribution in [0.4, 0.5) is 0 Å². The van der Waals surface area contributed by atoms with Crippen molar-refractivity contribution in [3.63, 3.8) is 0 Å². The Morgan fingerprint density at radius 1 is 1.02 bits per heavy atom. The zero-order valence-corrected chi connectivity index (χ0v) is 27.2. The molecule has 1 aliphatic rings. The van der Waals surface area contributed by atoms with E-state index in [1.165, 1.54) is 13.2 Å². The predicted molar refractivity (Wildman–Crippen MR) is 173 cm³/mol. The average molecular weight is 639 g/mol. The van der Waals surface area contributed by atoms with Gasteiger partial charge in [0, 0.05) is 25.3 Å². The van der Waals surface area contributed by atoms with E-state index in [2.05, 4.69) is 10.6 Å². The van der Waals surface area contributed by atoms with Gasteiger partial charge < -0.3 is 24.8 Å². The molecule has 0 fully saturated rings. The zero-order chi connectivity index (χ0) is 32.9. The van der Waals surface area contributed by atoms with Crippen molar-refractivity contribution in [3.8, 4) is 5.75 Å². The van der Waals surface area contributed by atoms with Crippen molar-refractivity contribution >= 4 is 41.4 Å². The van der Waals surface area contributed by atoms with Crippen LogP contribution >= 0.6 is 11.6 Å². The van der Waals surface area contributed by atoms with Gasteiger partial charge in [0.1, 0.15) is 17.9 Å². The molecule has 10 heteroatoms. The number of esters is 2. The van der Waals surface area contributed by atoms with Crippen LogP contribution in [0.25, 0.3) is 6.08 Å². The quantitative estimate of drug-likeness (QED) is 0.376. The van der Waals surface area contributed by atoms with Crippen molar-refractivity contribution in [2.75, 3.05) is 13.7 Å². The number of carbonyl (C=O) groups is 4. The van der Waals surface area contributed by atoms with Crippen molar-refractivity contribution in [2.24, 2.45) is 17.8 Å². The summed E-state index contributed by atoms with van der Waals surface area (Å²) in [6.45, 7) is 7.29. The van der Waals surface area contributed by atoms with Gasteiger partial charge >= 0.3 is 11.9 Å². The Morgan fingerprint density at radius 2 is 1.76 bits per heavy atom. The van der Waals surface area contributed by atoms with E-state index in [1.807, 2.05) is 63.3 Å². The summed E-state index contributed by atoms with van der Waals surface area (Å²) in [6, 6.07) is 13.9. The molecule has 0 bridgehead atoms. The van der Waals surface area contributed by atoms with Crippen molar-refractivity contribution in [3.05, 3.63) is 82.9 Å². The molecule has 9 nitrogen and oxygen atoms in total. The molecule has 242 valence electrons. The van der Waals surface area contributed by atoms with Gasteiger partial charge in [0.15, 0.2) is 6.10 Å². The summed E-state index contributed by atoms with van der Waals surface area (Å²) in [5, 5.41) is 5.85. The number of amides is 2. The summed E-state index contributed by atoms with van der Waals surface area (Å²) in [7, 11) is 1.51. The van der Waals surface area contributed by atoms with Crippen LogP contribution in [0.1, 0.15) is 51.7 Å². The third-order valence-corrected chi connectivity index (χ3v) is 7.66. The van der Waals surface area contributed by atoms with Gasteiger partial charge in [-0.1, -0.05) is 93.9 Å². The minimum absolute atomic E-state index is 0.0422. The number of nitrogens with one attached hydrogen (secondary N) is 2. The third kappa shape index (κ3) is 11.4. The van der Waals surface area contributed by atoms with E-state index in [1.54, 1.807) is 31.2 Å². The van der Waals surface area contributed by atoms with E-state index in [-0.39, 0.29) is 37.6 Å². The number of carbonyl (C=O) groups excluding carboxylic acids is 4. The van der Waals surface area contributed by atoms with Crippen molar-refractivity contribution in [1.82, 2.24) is 10.6 Å². The number of hydrogen-bond acceptors (Lipinski definition) is 7. The molecule has 3 rings (SSSR count). The monoisotopic (exact) mass is 638 g/mol. The molecule has 0 aromatic heterocycles. The second-order valence-corrected chi connectivity index (χ2v) is 12.1. The number of halogens is 1. The molecule has 0 unspecified atom stereocenters. The molecule has 2 aromatic carbocycles. The van der Waals surface area contributed by atoms with Gasteiger partial charge in [-0.15, -0.1) is 0 Å². The van der Waals surface area contributed by atoms with E-state index in [9.17, 15) is 19.2 Å². The molecule has 0 saturated carbocycles. The van der Waals surface area contributed by atoms with Crippen molar-refractivity contribution < 1.29 is 33.4 Å². The van der Waals surface area contributed by atoms with Crippen LogP contribution in [-0.4, -0.2) is 55.7 Å². The molecule has 1 heterocycles. The highest BCUT2D eigenvalue weighted by molar-refractivity contribution is 6.32. The lowest BCUT2D eigenvalue weighted by atomic mass is 9.99. The Labute approximate surface area is 270 Å². The SMILES string of the molecule is COc1ccc(C[C@H]2NC(=O)/C=C/C[C@@H]([C@H](C)/C=C/c3ccccc3)OC(=O)[C@H](CC(C)C)OC(=O)[C@H](C)CNC2=O)cc1Cl. The minimum atomic E-state index is -1.11. The van der Waals surface area contributed by atoms with Crippen LogP contribution < -0.4 is 15.4 Å². The molecule has 45 heavy (non-hydrogen) atoms. The van der Waals surface area contributed by atoms with Crippen molar-refractivity contribution in [2.45, 2.75) is 65.2 Å². The van der Waals surface area contributed by atoms with E-state index in [4.69, 9.17) is 25.8 Å². The lowest BCUT2D eigenvalue weighted by Gasteiger charge is -2.26. The number of ether oxygens (including phenoxy) is 3. The number of methoxy groups -OCH3 is 1. The first-order valence-corrected chi connectivity index (χ1v) is 15.6. The lowest BCUT2D eigenvalue weighted by molar-refractivity contribution is -0.175. The Hall–Kier alpha value is -4.11. The fourth-order valence-corrected chi connectivity index (χ4v) is 4.97. The fourth-order valence-electron chi connectivity index (χ4n) is 4.69. The van der Waals surface area contributed by atoms with E-state index in [0.717, 1.165) is 5.56 Å². The highest BCUT2D eigenvalue weighted by Crippen LogP contribution is 2.26. The van der Waals surface area contributed by atoms with Crippen LogP contribution in [0.15, 0.2) is 66.8 Å². The summed E-state index contributed by atoms with van der Waals surface area (Å²) in [6.07, 6.45) is 5.68. The van der Waals surface area contributed by atoms with Crippen LogP contribution in [0.5, 0.6) is 5.75 Å². The molecular formula is C35H43ClN2O7. The second-order valence-electron chi connectivity index (χ2n) is 11.7. The number of cyclic esters (lactones) is 2. The third-order valence-electron chi connectivity index (χ3n) is 7.36. The van der Waals surface area contributed by atoms with Gasteiger partial charge in [-0.3, -0.25) is 14.4 Å². The predicted octanol–water partition coefficient (Wildman–Crippen LogP) is 5.31. The first-order chi connectivity index (χ1) is 21.5. The molecule has 2 aromatic rings. The summed E-state index contributed by atoms with van der Waals surface area (Å²) in [5.41, 5.74) is 1.69. The lowest BCUT2D eigenvalue weighted by Crippen LogP contribution is -2.49. The Bertz CT molecular complexity index is 1380. The number of hydrogen-bond donors (Lipinski definition) is 2. The van der Waals surface area contributed by atoms with Gasteiger partial charge in [-0.05, 0) is 41.7 Å². The Morgan fingerprint density at radius 3 is 2.42 bits per heavy atom. The molecule has 0 radical (unpaired) electrons. The molecule has 2 amide bonds. The van der Waals surface area contributed by atoms with Gasteiger partial charge in [0.05, 0.1) is 18.1 Å². The van der Waals surface area contributed by atoms with E-state index < -0.39 is 47.9 Å². The Kier molecular flexibility index (Phi) is 13.7. The average Bonchev–Trinajstić information content (AvgIpc) is 3.01. The van der Waals surface area contributed by atoms with E-state index in [0.29, 0.717) is 16.3 Å². The first-order valence-electron chi connectivity index (χ1n) is 15.2. The van der Waals surface area contributed by atoms with Crippen LogP contribution in [0.2, 0.25) is 5.02 Å². The maximum absolute atomic E-state index is 13.4. The van der Waals surface area contributed by atoms with Gasteiger partial charge in [-0.2, -0.15) is 0 Å². The second kappa shape index (κ2) is 17.4. The number of benzene rings is 2. The fraction of sp³-hybridized carbons (Fsp3) is 0.429. The zero-order valence-electron chi connectivity index (χ0n) is 26.5. The normalized spacial score (nSPS) is 23.5. The highest BCUT2D eigenvalue weighted by Gasteiger charge is 2.31. The van der Waals surface area contributed by atoms with Gasteiger partial charge in [0.25, 0.3) is 0 Å². The molecule has 1 aliphatic heterocycles. The molecule has 0 saturated heterocycles. The summed E-state index contributed by atoms with van der Waals surface area (Å²) in [5.74, 6) is -2.74. The maximum Gasteiger partial charge on any atom is 0.347 e.